The molecule has 4 aliphatic heterocycles. The number of carbonyl (C=O) groups is 2. The Kier molecular flexibility index (Phi) is 3.77. The summed E-state index contributed by atoms with van der Waals surface area (Å²) in [6.45, 7) is 2.26. The number of hydrogen-bond acceptors (Lipinski definition) is 5. The van der Waals surface area contributed by atoms with Crippen molar-refractivity contribution in [1.82, 2.24) is 4.90 Å². The zero-order valence-corrected chi connectivity index (χ0v) is 16.7. The highest BCUT2D eigenvalue weighted by Gasteiger charge is 2.78. The second-order valence-corrected chi connectivity index (χ2v) is 8.87. The highest BCUT2D eigenvalue weighted by Crippen LogP contribution is 2.66. The number of nitrogens with zero attached hydrogens (tertiary/aromatic N) is 3. The second-order valence-electron chi connectivity index (χ2n) is 8.46. The van der Waals surface area contributed by atoms with Gasteiger partial charge in [0, 0.05) is 31.5 Å². The number of likely N-dealkylation sites (N-methyl/N-ethyl adjacent to an activating group) is 1. The number of anilines is 1. The fourth-order valence-corrected chi connectivity index (χ4v) is 6.21. The van der Waals surface area contributed by atoms with Gasteiger partial charge in [0.2, 0.25) is 5.91 Å². The van der Waals surface area contributed by atoms with Crippen molar-refractivity contribution in [3.05, 3.63) is 28.8 Å². The Hall–Kier alpha value is -2.34. The van der Waals surface area contributed by atoms with E-state index in [4.69, 9.17) is 26.3 Å². The molecule has 29 heavy (non-hydrogen) atoms. The first-order valence-corrected chi connectivity index (χ1v) is 9.91. The number of nitriles is 1. The lowest BCUT2D eigenvalue weighted by molar-refractivity contribution is -0.140. The van der Waals surface area contributed by atoms with Crippen molar-refractivity contribution < 1.29 is 24.2 Å². The van der Waals surface area contributed by atoms with Gasteiger partial charge in [-0.3, -0.25) is 9.69 Å². The fourth-order valence-electron chi connectivity index (χ4n) is 6.00. The second kappa shape index (κ2) is 5.85. The van der Waals surface area contributed by atoms with Gasteiger partial charge in [0.1, 0.15) is 12.3 Å². The van der Waals surface area contributed by atoms with Crippen molar-refractivity contribution in [1.29, 1.82) is 5.26 Å². The van der Waals surface area contributed by atoms with Gasteiger partial charge in [-0.25, -0.2) is 4.79 Å². The normalized spacial score (nSPS) is 39.4. The molecule has 0 aliphatic carbocycles. The highest BCUT2D eigenvalue weighted by atomic mass is 35.5. The number of rotatable bonds is 2. The van der Waals surface area contributed by atoms with E-state index in [1.807, 2.05) is 13.0 Å². The first kappa shape index (κ1) is 18.7. The van der Waals surface area contributed by atoms with Crippen molar-refractivity contribution in [2.75, 3.05) is 18.6 Å². The quantitative estimate of drug-likeness (QED) is 0.792. The Bertz CT molecular complexity index is 979. The van der Waals surface area contributed by atoms with Crippen molar-refractivity contribution in [2.24, 2.45) is 11.8 Å². The number of fused-ring (bicyclic) bond motifs is 2. The summed E-state index contributed by atoms with van der Waals surface area (Å²) in [5, 5.41) is 18.9. The van der Waals surface area contributed by atoms with Gasteiger partial charge in [0.05, 0.1) is 40.4 Å². The topological polar surface area (TPSA) is 103 Å². The van der Waals surface area contributed by atoms with Crippen LogP contribution in [0.4, 0.5) is 10.5 Å². The first-order chi connectivity index (χ1) is 13.7. The Labute approximate surface area is 172 Å². The molecule has 1 N–H and O–H groups in total. The van der Waals surface area contributed by atoms with Gasteiger partial charge < -0.3 is 19.5 Å². The average Bonchev–Trinajstić information content (AvgIpc) is 3.25. The van der Waals surface area contributed by atoms with Crippen LogP contribution in [0, 0.1) is 23.2 Å². The van der Waals surface area contributed by atoms with Crippen LogP contribution in [0.15, 0.2) is 18.2 Å². The molecule has 0 radical (unpaired) electrons. The molecule has 4 aliphatic rings. The van der Waals surface area contributed by atoms with E-state index in [1.54, 1.807) is 23.1 Å². The molecule has 5 rings (SSSR count). The summed E-state index contributed by atoms with van der Waals surface area (Å²) in [6.07, 6.45) is -0.365. The highest BCUT2D eigenvalue weighted by molar-refractivity contribution is 6.32. The molecule has 4 heterocycles. The van der Waals surface area contributed by atoms with Crippen molar-refractivity contribution in [3.63, 3.8) is 0 Å². The number of carbonyl (C=O) groups excluding carboxylic acids is 1. The Morgan fingerprint density at radius 3 is 2.90 bits per heavy atom. The van der Waals surface area contributed by atoms with Crippen LogP contribution in [-0.4, -0.2) is 59.1 Å². The summed E-state index contributed by atoms with van der Waals surface area (Å²) in [6, 6.07) is 6.50. The Morgan fingerprint density at radius 2 is 2.24 bits per heavy atom. The first-order valence-electron chi connectivity index (χ1n) is 9.54. The zero-order valence-electron chi connectivity index (χ0n) is 16.0. The van der Waals surface area contributed by atoms with Crippen LogP contribution in [0.2, 0.25) is 5.02 Å². The van der Waals surface area contributed by atoms with Crippen LogP contribution in [0.5, 0.6) is 0 Å². The summed E-state index contributed by atoms with van der Waals surface area (Å²) >= 11 is 6.21. The number of ether oxygens (including phenoxy) is 2. The molecule has 4 saturated heterocycles. The van der Waals surface area contributed by atoms with Crippen LogP contribution in [0.25, 0.3) is 0 Å². The molecular weight excluding hydrogens is 398 g/mol. The predicted octanol–water partition coefficient (Wildman–Crippen LogP) is 2.45. The Balaban J connectivity index is 1.59. The van der Waals surface area contributed by atoms with E-state index in [1.165, 1.54) is 11.9 Å². The van der Waals surface area contributed by atoms with E-state index < -0.39 is 35.5 Å². The third kappa shape index (κ3) is 2.21. The molecule has 8 nitrogen and oxygen atoms in total. The van der Waals surface area contributed by atoms with Crippen LogP contribution >= 0.6 is 11.6 Å². The van der Waals surface area contributed by atoms with Gasteiger partial charge in [-0.15, -0.1) is 0 Å². The molecule has 0 unspecified atom stereocenters. The van der Waals surface area contributed by atoms with E-state index in [2.05, 4.69) is 0 Å². The lowest BCUT2D eigenvalue weighted by Gasteiger charge is -2.44. The largest absolute Gasteiger partial charge is 0.465 e. The van der Waals surface area contributed by atoms with Crippen molar-refractivity contribution in [2.45, 2.75) is 43.2 Å². The molecule has 152 valence electrons. The monoisotopic (exact) mass is 417 g/mol. The van der Waals surface area contributed by atoms with E-state index in [-0.39, 0.29) is 16.8 Å². The van der Waals surface area contributed by atoms with Gasteiger partial charge in [0.15, 0.2) is 0 Å². The molecule has 1 aromatic rings. The number of amides is 2. The molecule has 4 fully saturated rings. The smallest absolute Gasteiger partial charge is 0.407 e. The van der Waals surface area contributed by atoms with Crippen LogP contribution < -0.4 is 4.90 Å². The number of carboxylic acid groups (broad SMARTS) is 1. The molecule has 0 aromatic heterocycles. The molecule has 6 atom stereocenters. The lowest BCUT2D eigenvalue weighted by Crippen LogP contribution is -2.58. The predicted molar refractivity (Wildman–Crippen MR) is 101 cm³/mol. The minimum absolute atomic E-state index is 0.157. The van der Waals surface area contributed by atoms with Gasteiger partial charge >= 0.3 is 6.09 Å². The SMILES string of the molecule is CN(C(=O)O)[C@@H]1C[C@]23CCO[C@@H]4[C@H]2[C@@H](C(=O)N4c2ccc(C#N)c(Cl)c2)[C@@]1(C)O3. The van der Waals surface area contributed by atoms with E-state index in [0.717, 1.165) is 0 Å². The molecule has 1 aromatic carbocycles. The molecule has 9 heteroatoms. The summed E-state index contributed by atoms with van der Waals surface area (Å²) < 4.78 is 12.5. The maximum atomic E-state index is 13.6. The fraction of sp³-hybridized carbons (Fsp3) is 0.550. The maximum absolute atomic E-state index is 13.6. The van der Waals surface area contributed by atoms with Gasteiger partial charge in [-0.05, 0) is 25.1 Å². The molecule has 0 saturated carbocycles. The molecule has 1 spiro atoms. The van der Waals surface area contributed by atoms with Crippen molar-refractivity contribution in [3.8, 4) is 6.07 Å². The van der Waals surface area contributed by atoms with E-state index in [9.17, 15) is 14.7 Å². The minimum Gasteiger partial charge on any atom is -0.465 e. The third-order valence-electron chi connectivity index (χ3n) is 7.21. The summed E-state index contributed by atoms with van der Waals surface area (Å²) in [7, 11) is 1.53. The Morgan fingerprint density at radius 1 is 1.48 bits per heavy atom. The maximum Gasteiger partial charge on any atom is 0.407 e. The average molecular weight is 418 g/mol. The van der Waals surface area contributed by atoms with E-state index >= 15 is 0 Å². The van der Waals surface area contributed by atoms with Crippen LogP contribution in [-0.2, 0) is 14.3 Å². The minimum atomic E-state index is -1.04. The van der Waals surface area contributed by atoms with Crippen LogP contribution in [0.3, 0.4) is 0 Å². The summed E-state index contributed by atoms with van der Waals surface area (Å²) in [5.74, 6) is -0.847. The van der Waals surface area contributed by atoms with Crippen molar-refractivity contribution >= 4 is 29.3 Å². The van der Waals surface area contributed by atoms with Gasteiger partial charge in [-0.2, -0.15) is 5.26 Å². The number of benzene rings is 1. The summed E-state index contributed by atoms with van der Waals surface area (Å²) in [5.41, 5.74) is -0.605. The third-order valence-corrected chi connectivity index (χ3v) is 7.52. The standard InChI is InChI=1S/C20H20ClN3O5/c1-19-13(23(2)18(26)27)8-20(29-19)5-6-28-17-15(20)14(19)16(25)24(17)11-4-3-10(9-22)12(21)7-11/h3-4,7,13-15,17H,5-6,8H2,1-2H3,(H,26,27)/t13-,14+,15-,17-,19+,20-/m1/s1. The van der Waals surface area contributed by atoms with Gasteiger partial charge in [0.25, 0.3) is 0 Å². The zero-order chi connectivity index (χ0) is 20.7. The van der Waals surface area contributed by atoms with Gasteiger partial charge in [-0.1, -0.05) is 11.6 Å². The molecule has 2 amide bonds. The van der Waals surface area contributed by atoms with Crippen LogP contribution in [0.1, 0.15) is 25.3 Å². The molecular formula is C20H20ClN3O5. The number of halogens is 1. The molecule has 2 bridgehead atoms. The lowest BCUT2D eigenvalue weighted by atomic mass is 9.64. The number of hydrogen-bond donors (Lipinski definition) is 1. The van der Waals surface area contributed by atoms with E-state index in [0.29, 0.717) is 30.7 Å². The summed E-state index contributed by atoms with van der Waals surface area (Å²) in [4.78, 5) is 28.1.